The van der Waals surface area contributed by atoms with E-state index in [1.807, 2.05) is 30.8 Å². The van der Waals surface area contributed by atoms with Crippen molar-refractivity contribution in [2.75, 3.05) is 11.6 Å². The number of benzene rings is 1. The minimum atomic E-state index is 0.701. The summed E-state index contributed by atoms with van der Waals surface area (Å²) in [5.74, 6) is 0. The van der Waals surface area contributed by atoms with E-state index in [9.17, 15) is 0 Å². The van der Waals surface area contributed by atoms with Crippen LogP contribution < -0.4 is 4.90 Å². The van der Waals surface area contributed by atoms with Crippen molar-refractivity contribution in [1.29, 1.82) is 0 Å². The van der Waals surface area contributed by atoms with E-state index in [0.717, 1.165) is 11.3 Å². The topological polar surface area (TPSA) is 28.0 Å². The molecule has 0 aromatic heterocycles. The van der Waals surface area contributed by atoms with Gasteiger partial charge in [-0.15, -0.1) is 0 Å². The van der Waals surface area contributed by atoms with Crippen LogP contribution in [0.5, 0.6) is 0 Å². The van der Waals surface area contributed by atoms with Crippen LogP contribution in [0.1, 0.15) is 5.56 Å². The molecule has 0 spiro atoms. The van der Waals surface area contributed by atoms with E-state index in [0.29, 0.717) is 6.67 Å². The van der Waals surface area contributed by atoms with Crippen LogP contribution in [0.25, 0.3) is 0 Å². The molecule has 0 amide bonds. The van der Waals surface area contributed by atoms with Gasteiger partial charge in [0, 0.05) is 18.0 Å². The van der Waals surface area contributed by atoms with Crippen LogP contribution in [0, 0.1) is 0 Å². The lowest BCUT2D eigenvalue weighted by Crippen LogP contribution is -2.18. The Morgan fingerprint density at radius 1 is 1.14 bits per heavy atom. The number of aliphatic imine (C=N–C) groups is 2. The Balaban J connectivity index is 2.20. The maximum absolute atomic E-state index is 4.23. The second-order valence-corrected chi connectivity index (χ2v) is 3.27. The van der Waals surface area contributed by atoms with Crippen LogP contribution in [-0.4, -0.2) is 19.1 Å². The molecule has 3 nitrogen and oxygen atoms in total. The molecule has 2 heterocycles. The van der Waals surface area contributed by atoms with Crippen molar-refractivity contribution in [2.45, 2.75) is 0 Å². The molecule has 0 unspecified atom stereocenters. The Labute approximate surface area is 82.1 Å². The SMILES string of the molecule is C1=NC=C2C=NCN2c2ccccc21. The minimum absolute atomic E-state index is 0.701. The molecule has 3 heteroatoms. The van der Waals surface area contributed by atoms with Crippen molar-refractivity contribution in [1.82, 2.24) is 0 Å². The highest BCUT2D eigenvalue weighted by Gasteiger charge is 2.18. The average molecular weight is 183 g/mol. The van der Waals surface area contributed by atoms with Crippen molar-refractivity contribution in [3.63, 3.8) is 0 Å². The van der Waals surface area contributed by atoms with Gasteiger partial charge < -0.3 is 4.90 Å². The van der Waals surface area contributed by atoms with E-state index in [1.54, 1.807) is 0 Å². The predicted octanol–water partition coefficient (Wildman–Crippen LogP) is 1.81. The molecule has 0 N–H and O–H groups in total. The summed E-state index contributed by atoms with van der Waals surface area (Å²) in [7, 11) is 0. The molecule has 1 aromatic carbocycles. The van der Waals surface area contributed by atoms with Gasteiger partial charge in [0.2, 0.25) is 0 Å². The van der Waals surface area contributed by atoms with Crippen LogP contribution >= 0.6 is 0 Å². The molecule has 0 bridgehead atoms. The van der Waals surface area contributed by atoms with E-state index in [1.165, 1.54) is 5.69 Å². The highest BCUT2D eigenvalue weighted by Crippen LogP contribution is 2.26. The summed E-state index contributed by atoms with van der Waals surface area (Å²) >= 11 is 0. The van der Waals surface area contributed by atoms with E-state index in [4.69, 9.17) is 0 Å². The Morgan fingerprint density at radius 2 is 2.07 bits per heavy atom. The summed E-state index contributed by atoms with van der Waals surface area (Å²) in [5, 5.41) is 0. The molecular formula is C11H9N3. The van der Waals surface area contributed by atoms with Crippen molar-refractivity contribution in [2.24, 2.45) is 9.98 Å². The van der Waals surface area contributed by atoms with Crippen molar-refractivity contribution >= 4 is 18.1 Å². The third-order valence-electron chi connectivity index (χ3n) is 2.41. The summed E-state index contributed by atoms with van der Waals surface area (Å²) in [5.41, 5.74) is 3.38. The van der Waals surface area contributed by atoms with Crippen molar-refractivity contribution in [3.05, 3.63) is 41.7 Å². The van der Waals surface area contributed by atoms with E-state index >= 15 is 0 Å². The van der Waals surface area contributed by atoms with Crippen molar-refractivity contribution < 1.29 is 0 Å². The fourth-order valence-electron chi connectivity index (χ4n) is 1.72. The molecule has 68 valence electrons. The molecule has 0 saturated carbocycles. The number of hydrogen-bond acceptors (Lipinski definition) is 3. The van der Waals surface area contributed by atoms with Gasteiger partial charge >= 0.3 is 0 Å². The highest BCUT2D eigenvalue weighted by atomic mass is 15.3. The smallest absolute Gasteiger partial charge is 0.115 e. The largest absolute Gasteiger partial charge is 0.318 e. The van der Waals surface area contributed by atoms with E-state index in [-0.39, 0.29) is 0 Å². The first-order valence-corrected chi connectivity index (χ1v) is 4.55. The Hall–Kier alpha value is -1.90. The van der Waals surface area contributed by atoms with E-state index in [2.05, 4.69) is 27.0 Å². The first-order valence-electron chi connectivity index (χ1n) is 4.55. The maximum Gasteiger partial charge on any atom is 0.115 e. The quantitative estimate of drug-likeness (QED) is 0.602. The van der Waals surface area contributed by atoms with Gasteiger partial charge in [-0.2, -0.15) is 0 Å². The summed E-state index contributed by atoms with van der Waals surface area (Å²) in [6.07, 6.45) is 5.59. The van der Waals surface area contributed by atoms with Crippen LogP contribution in [0.15, 0.2) is 46.1 Å². The number of hydrogen-bond donors (Lipinski definition) is 0. The molecule has 14 heavy (non-hydrogen) atoms. The first kappa shape index (κ1) is 7.50. The highest BCUT2D eigenvalue weighted by molar-refractivity contribution is 5.96. The van der Waals surface area contributed by atoms with Gasteiger partial charge in [0.1, 0.15) is 6.67 Å². The monoisotopic (exact) mass is 183 g/mol. The van der Waals surface area contributed by atoms with E-state index < -0.39 is 0 Å². The molecule has 0 saturated heterocycles. The van der Waals surface area contributed by atoms with Gasteiger partial charge in [-0.05, 0) is 6.07 Å². The summed E-state index contributed by atoms with van der Waals surface area (Å²) in [4.78, 5) is 10.6. The maximum atomic E-state index is 4.23. The number of nitrogens with zero attached hydrogens (tertiary/aromatic N) is 3. The second kappa shape index (κ2) is 2.80. The average Bonchev–Trinajstić information content (AvgIpc) is 2.61. The Bertz CT molecular complexity index is 457. The van der Waals surface area contributed by atoms with Gasteiger partial charge in [-0.25, -0.2) is 0 Å². The molecule has 1 aromatic rings. The summed E-state index contributed by atoms with van der Waals surface area (Å²) < 4.78 is 0. The molecular weight excluding hydrogens is 174 g/mol. The second-order valence-electron chi connectivity index (χ2n) is 3.27. The number of fused-ring (bicyclic) bond motifs is 3. The van der Waals surface area contributed by atoms with Gasteiger partial charge in [0.05, 0.1) is 17.6 Å². The zero-order chi connectivity index (χ0) is 9.38. The summed E-state index contributed by atoms with van der Waals surface area (Å²) in [6.45, 7) is 0.701. The zero-order valence-corrected chi connectivity index (χ0v) is 7.59. The Kier molecular flexibility index (Phi) is 1.50. The third kappa shape index (κ3) is 0.988. The molecule has 2 aliphatic rings. The van der Waals surface area contributed by atoms with Crippen LogP contribution in [-0.2, 0) is 0 Å². The van der Waals surface area contributed by atoms with Crippen molar-refractivity contribution in [3.8, 4) is 0 Å². The Morgan fingerprint density at radius 3 is 3.07 bits per heavy atom. The zero-order valence-electron chi connectivity index (χ0n) is 7.59. The minimum Gasteiger partial charge on any atom is -0.318 e. The van der Waals surface area contributed by atoms with Crippen LogP contribution in [0.2, 0.25) is 0 Å². The van der Waals surface area contributed by atoms with Gasteiger partial charge in [-0.3, -0.25) is 9.98 Å². The number of rotatable bonds is 0. The lowest BCUT2D eigenvalue weighted by atomic mass is 10.2. The summed E-state index contributed by atoms with van der Waals surface area (Å²) in [6, 6.07) is 8.21. The first-order chi connectivity index (χ1) is 6.95. The lowest BCUT2D eigenvalue weighted by Gasteiger charge is -2.18. The molecule has 0 fully saturated rings. The fourth-order valence-corrected chi connectivity index (χ4v) is 1.72. The predicted molar refractivity (Wildman–Crippen MR) is 58.0 cm³/mol. The van der Waals surface area contributed by atoms with Gasteiger partial charge in [0.25, 0.3) is 0 Å². The molecule has 2 aliphatic heterocycles. The number of anilines is 1. The number of allylic oxidation sites excluding steroid dienone is 1. The standard InChI is InChI=1S/C11H9N3/c1-2-4-11-9(3-1)5-12-6-10-7-13-8-14(10)11/h1-7H,8H2. The van der Waals surface area contributed by atoms with Gasteiger partial charge in [-0.1, -0.05) is 18.2 Å². The van der Waals surface area contributed by atoms with Crippen LogP contribution in [0.4, 0.5) is 5.69 Å². The third-order valence-corrected chi connectivity index (χ3v) is 2.41. The number of para-hydroxylation sites is 1. The molecule has 0 atom stereocenters. The lowest BCUT2D eigenvalue weighted by molar-refractivity contribution is 1.00. The van der Waals surface area contributed by atoms with Gasteiger partial charge in [0.15, 0.2) is 0 Å². The molecule has 0 aliphatic carbocycles. The normalized spacial score (nSPS) is 17.4. The molecule has 3 rings (SSSR count). The van der Waals surface area contributed by atoms with Crippen LogP contribution in [0.3, 0.4) is 0 Å². The molecule has 0 radical (unpaired) electrons. The fraction of sp³-hybridized carbons (Fsp3) is 0.0909.